The Hall–Kier alpha value is -2.41. The lowest BCUT2D eigenvalue weighted by molar-refractivity contribution is -0.140. The van der Waals surface area contributed by atoms with E-state index in [4.69, 9.17) is 19.9 Å². The fraction of sp³-hybridized carbons (Fsp3) is 0.368. The molecule has 6 nitrogen and oxygen atoms in total. The van der Waals surface area contributed by atoms with Crippen LogP contribution in [0.4, 0.5) is 0 Å². The number of nitrogens with two attached hydrogens (primary N) is 1. The highest BCUT2D eigenvalue weighted by Crippen LogP contribution is 2.40. The van der Waals surface area contributed by atoms with Gasteiger partial charge in [0.15, 0.2) is 0 Å². The zero-order valence-corrected chi connectivity index (χ0v) is 16.1. The Bertz CT molecular complexity index is 712. The monoisotopic (exact) mass is 377 g/mol. The summed E-state index contributed by atoms with van der Waals surface area (Å²) in [5, 5.41) is 0. The van der Waals surface area contributed by atoms with Gasteiger partial charge in [-0.1, -0.05) is 12.1 Å². The first-order valence-corrected chi connectivity index (χ1v) is 9.53. The van der Waals surface area contributed by atoms with Crippen LogP contribution in [0.2, 0.25) is 0 Å². The number of thioether (sulfide) groups is 1. The summed E-state index contributed by atoms with van der Waals surface area (Å²) in [6.07, 6.45) is 1.97. The second-order valence-corrected chi connectivity index (χ2v) is 6.38. The fourth-order valence-corrected chi connectivity index (χ4v) is 3.20. The van der Waals surface area contributed by atoms with Gasteiger partial charge in [0.25, 0.3) is 0 Å². The first-order valence-electron chi connectivity index (χ1n) is 8.30. The zero-order valence-electron chi connectivity index (χ0n) is 15.3. The van der Waals surface area contributed by atoms with Gasteiger partial charge in [-0.15, -0.1) is 11.8 Å². The van der Waals surface area contributed by atoms with Crippen LogP contribution < -0.4 is 5.73 Å². The van der Waals surface area contributed by atoms with Crippen molar-refractivity contribution in [1.82, 2.24) is 0 Å². The van der Waals surface area contributed by atoms with Crippen LogP contribution in [-0.4, -0.2) is 31.4 Å². The molecule has 7 heteroatoms. The molecule has 0 spiro atoms. The van der Waals surface area contributed by atoms with Crippen molar-refractivity contribution in [3.63, 3.8) is 0 Å². The van der Waals surface area contributed by atoms with E-state index in [0.717, 1.165) is 10.5 Å². The molecule has 0 bridgehead atoms. The Balaban J connectivity index is 2.60. The van der Waals surface area contributed by atoms with Gasteiger partial charge in [0.2, 0.25) is 5.88 Å². The van der Waals surface area contributed by atoms with Gasteiger partial charge in [-0.3, -0.25) is 0 Å². The summed E-state index contributed by atoms with van der Waals surface area (Å²) >= 11 is 1.60. The molecular formula is C19H23NO5S. The molecule has 140 valence electrons. The number of ether oxygens (including phenoxy) is 3. The number of allylic oxidation sites excluding steroid dienone is 1. The van der Waals surface area contributed by atoms with Crippen LogP contribution in [0.15, 0.2) is 51.9 Å². The normalized spacial score (nSPS) is 17.0. The first-order chi connectivity index (χ1) is 12.4. The predicted molar refractivity (Wildman–Crippen MR) is 99.2 cm³/mol. The third-order valence-electron chi connectivity index (χ3n) is 3.92. The minimum atomic E-state index is -0.710. The van der Waals surface area contributed by atoms with Crippen molar-refractivity contribution in [3.05, 3.63) is 52.6 Å². The lowest BCUT2D eigenvalue weighted by Gasteiger charge is -2.28. The maximum atomic E-state index is 12.6. The fourth-order valence-electron chi connectivity index (χ4n) is 2.79. The van der Waals surface area contributed by atoms with Crippen LogP contribution in [0, 0.1) is 0 Å². The van der Waals surface area contributed by atoms with E-state index >= 15 is 0 Å². The Morgan fingerprint density at radius 3 is 2.12 bits per heavy atom. The summed E-state index contributed by atoms with van der Waals surface area (Å²) in [4.78, 5) is 26.2. The Labute approximate surface area is 157 Å². The standard InChI is InChI=1S/C19H23NO5S/c1-5-23-18(21)14-11(3)25-17(20)16(19(22)24-6-2)15(14)12-7-9-13(26-4)10-8-12/h7-10,15H,5-6,20H2,1-4H3/t15-/m1/s1. The summed E-state index contributed by atoms with van der Waals surface area (Å²) in [5.41, 5.74) is 7.08. The molecule has 2 N–H and O–H groups in total. The maximum absolute atomic E-state index is 12.6. The minimum absolute atomic E-state index is 0.0621. The third kappa shape index (κ3) is 4.04. The molecule has 26 heavy (non-hydrogen) atoms. The first kappa shape index (κ1) is 19.9. The van der Waals surface area contributed by atoms with Crippen molar-refractivity contribution < 1.29 is 23.8 Å². The molecule has 0 saturated heterocycles. The van der Waals surface area contributed by atoms with Gasteiger partial charge in [-0.25, -0.2) is 9.59 Å². The number of carbonyl (C=O) groups excluding carboxylic acids is 2. The van der Waals surface area contributed by atoms with E-state index in [2.05, 4.69) is 0 Å². The number of benzene rings is 1. The largest absolute Gasteiger partial charge is 0.463 e. The van der Waals surface area contributed by atoms with Gasteiger partial charge in [0.05, 0.1) is 24.7 Å². The molecule has 1 aromatic carbocycles. The van der Waals surface area contributed by atoms with E-state index in [0.29, 0.717) is 5.76 Å². The molecule has 0 fully saturated rings. The highest BCUT2D eigenvalue weighted by atomic mass is 32.2. The SMILES string of the molecule is CCOC(=O)C1=C(C)OC(N)=C(C(=O)OCC)[C@@H]1c1ccc(SC)cc1. The summed E-state index contributed by atoms with van der Waals surface area (Å²) in [6, 6.07) is 7.57. The molecule has 0 saturated carbocycles. The molecular weight excluding hydrogens is 354 g/mol. The van der Waals surface area contributed by atoms with Gasteiger partial charge < -0.3 is 19.9 Å². The van der Waals surface area contributed by atoms with E-state index in [1.807, 2.05) is 30.5 Å². The number of carbonyl (C=O) groups is 2. The minimum Gasteiger partial charge on any atom is -0.463 e. The lowest BCUT2D eigenvalue weighted by atomic mass is 9.82. The van der Waals surface area contributed by atoms with E-state index in [-0.39, 0.29) is 30.2 Å². The molecule has 0 aliphatic carbocycles. The van der Waals surface area contributed by atoms with Gasteiger partial charge in [-0.2, -0.15) is 0 Å². The third-order valence-corrected chi connectivity index (χ3v) is 4.67. The highest BCUT2D eigenvalue weighted by Gasteiger charge is 2.39. The van der Waals surface area contributed by atoms with Crippen molar-refractivity contribution in [1.29, 1.82) is 0 Å². The Kier molecular flexibility index (Phi) is 6.74. The molecule has 0 unspecified atom stereocenters. The van der Waals surface area contributed by atoms with Crippen LogP contribution >= 0.6 is 11.8 Å². The van der Waals surface area contributed by atoms with E-state index in [1.165, 1.54) is 0 Å². The van der Waals surface area contributed by atoms with Crippen LogP contribution in [0.3, 0.4) is 0 Å². The van der Waals surface area contributed by atoms with Crippen molar-refractivity contribution in [3.8, 4) is 0 Å². The van der Waals surface area contributed by atoms with Gasteiger partial charge in [0, 0.05) is 4.90 Å². The summed E-state index contributed by atoms with van der Waals surface area (Å²) in [6.45, 7) is 5.45. The Morgan fingerprint density at radius 2 is 1.62 bits per heavy atom. The molecule has 0 radical (unpaired) electrons. The zero-order chi connectivity index (χ0) is 19.3. The number of esters is 2. The molecule has 0 amide bonds. The maximum Gasteiger partial charge on any atom is 0.340 e. The van der Waals surface area contributed by atoms with E-state index in [1.54, 1.807) is 32.5 Å². The highest BCUT2D eigenvalue weighted by molar-refractivity contribution is 7.98. The van der Waals surface area contributed by atoms with Crippen LogP contribution in [-0.2, 0) is 23.8 Å². The summed E-state index contributed by atoms with van der Waals surface area (Å²) in [7, 11) is 0. The lowest BCUT2D eigenvalue weighted by Crippen LogP contribution is -2.30. The van der Waals surface area contributed by atoms with Crippen molar-refractivity contribution >= 4 is 23.7 Å². The van der Waals surface area contributed by atoms with Gasteiger partial charge in [0.1, 0.15) is 11.3 Å². The van der Waals surface area contributed by atoms with Crippen molar-refractivity contribution in [2.45, 2.75) is 31.6 Å². The number of hydrogen-bond donors (Lipinski definition) is 1. The summed E-state index contributed by atoms with van der Waals surface area (Å²) in [5.74, 6) is -1.62. The number of rotatable bonds is 6. The average Bonchev–Trinajstić information content (AvgIpc) is 2.61. The average molecular weight is 377 g/mol. The molecule has 1 aliphatic rings. The van der Waals surface area contributed by atoms with E-state index < -0.39 is 17.9 Å². The van der Waals surface area contributed by atoms with Crippen LogP contribution in [0.25, 0.3) is 0 Å². The molecule has 1 heterocycles. The molecule has 1 atom stereocenters. The Morgan fingerprint density at radius 1 is 1.08 bits per heavy atom. The topological polar surface area (TPSA) is 87.9 Å². The predicted octanol–water partition coefficient (Wildman–Crippen LogP) is 3.09. The van der Waals surface area contributed by atoms with Crippen molar-refractivity contribution in [2.24, 2.45) is 5.73 Å². The van der Waals surface area contributed by atoms with Crippen molar-refractivity contribution in [2.75, 3.05) is 19.5 Å². The molecule has 1 aromatic rings. The van der Waals surface area contributed by atoms with Crippen LogP contribution in [0.1, 0.15) is 32.3 Å². The van der Waals surface area contributed by atoms with Gasteiger partial charge >= 0.3 is 11.9 Å². The molecule has 1 aliphatic heterocycles. The molecule has 0 aromatic heterocycles. The van der Waals surface area contributed by atoms with Gasteiger partial charge in [-0.05, 0) is 44.7 Å². The summed E-state index contributed by atoms with van der Waals surface area (Å²) < 4.78 is 15.8. The van der Waals surface area contributed by atoms with Crippen LogP contribution in [0.5, 0.6) is 0 Å². The second kappa shape index (κ2) is 8.80. The second-order valence-electron chi connectivity index (χ2n) is 5.50. The van der Waals surface area contributed by atoms with E-state index in [9.17, 15) is 9.59 Å². The number of hydrogen-bond acceptors (Lipinski definition) is 7. The quantitative estimate of drug-likeness (QED) is 0.602. The molecule has 2 rings (SSSR count). The smallest absolute Gasteiger partial charge is 0.340 e.